The van der Waals surface area contributed by atoms with Crippen molar-refractivity contribution in [1.29, 1.82) is 0 Å². The van der Waals surface area contributed by atoms with Crippen molar-refractivity contribution in [3.05, 3.63) is 29.8 Å². The van der Waals surface area contributed by atoms with Crippen LogP contribution < -0.4 is 4.74 Å². The molecule has 1 amide bonds. The van der Waals surface area contributed by atoms with Gasteiger partial charge >= 0.3 is 0 Å². The summed E-state index contributed by atoms with van der Waals surface area (Å²) in [6.07, 6.45) is 4.68. The number of rotatable bonds is 4. The van der Waals surface area contributed by atoms with Crippen molar-refractivity contribution >= 4 is 5.91 Å². The van der Waals surface area contributed by atoms with Gasteiger partial charge in [-0.05, 0) is 62.3 Å². The number of benzene rings is 1. The molecule has 0 radical (unpaired) electrons. The maximum absolute atomic E-state index is 12.6. The van der Waals surface area contributed by atoms with Crippen LogP contribution in [0.3, 0.4) is 0 Å². The molecule has 0 aromatic heterocycles. The predicted octanol–water partition coefficient (Wildman–Crippen LogP) is 2.48. The van der Waals surface area contributed by atoms with Gasteiger partial charge in [0.2, 0.25) is 0 Å². The highest BCUT2D eigenvalue weighted by atomic mass is 16.5. The van der Waals surface area contributed by atoms with Gasteiger partial charge in [0.15, 0.2) is 0 Å². The third kappa shape index (κ3) is 3.73. The van der Waals surface area contributed by atoms with E-state index in [1.807, 2.05) is 29.2 Å². The number of hydrogen-bond acceptors (Lipinski definition) is 4. The molecule has 2 aliphatic rings. The first-order chi connectivity index (χ1) is 11.7. The first kappa shape index (κ1) is 17.2. The molecule has 0 saturated carbocycles. The summed E-state index contributed by atoms with van der Waals surface area (Å²) in [5, 5.41) is 9.18. The molecule has 5 heteroatoms. The number of likely N-dealkylation sites (tertiary alicyclic amines) is 1. The average molecular weight is 333 g/mol. The Bertz CT molecular complexity index is 547. The minimum Gasteiger partial charge on any atom is -0.497 e. The summed E-state index contributed by atoms with van der Waals surface area (Å²) in [6.45, 7) is 2.49. The van der Waals surface area contributed by atoms with Gasteiger partial charge in [0.05, 0.1) is 12.7 Å². The van der Waals surface area contributed by atoms with E-state index in [4.69, 9.17) is 9.47 Å². The molecule has 0 aliphatic carbocycles. The maximum atomic E-state index is 12.6. The fraction of sp³-hybridized carbons (Fsp3) is 0.632. The highest BCUT2D eigenvalue weighted by molar-refractivity contribution is 5.94. The van der Waals surface area contributed by atoms with Gasteiger partial charge in [0.1, 0.15) is 5.75 Å². The SMILES string of the molecule is COc1ccc(C(=O)N2CCC3(CC2)CC(CCO)CCO3)cc1. The number of hydrogen-bond donors (Lipinski definition) is 1. The quantitative estimate of drug-likeness (QED) is 0.920. The van der Waals surface area contributed by atoms with E-state index >= 15 is 0 Å². The topological polar surface area (TPSA) is 59.0 Å². The Morgan fingerprint density at radius 1 is 1.33 bits per heavy atom. The number of amides is 1. The highest BCUT2D eigenvalue weighted by Crippen LogP contribution is 2.38. The van der Waals surface area contributed by atoms with Gasteiger partial charge in [-0.25, -0.2) is 0 Å². The van der Waals surface area contributed by atoms with Crippen molar-refractivity contribution in [3.8, 4) is 5.75 Å². The van der Waals surface area contributed by atoms with Crippen LogP contribution in [0.25, 0.3) is 0 Å². The lowest BCUT2D eigenvalue weighted by atomic mass is 9.78. The molecule has 1 aromatic carbocycles. The monoisotopic (exact) mass is 333 g/mol. The third-order valence-corrected chi connectivity index (χ3v) is 5.43. The summed E-state index contributed by atoms with van der Waals surface area (Å²) in [5.41, 5.74) is 0.615. The molecule has 132 valence electrons. The Hall–Kier alpha value is -1.59. The molecule has 5 nitrogen and oxygen atoms in total. The Labute approximate surface area is 143 Å². The van der Waals surface area contributed by atoms with Gasteiger partial charge < -0.3 is 19.5 Å². The molecular weight excluding hydrogens is 306 g/mol. The molecule has 24 heavy (non-hydrogen) atoms. The maximum Gasteiger partial charge on any atom is 0.253 e. The fourth-order valence-electron chi connectivity index (χ4n) is 3.94. The van der Waals surface area contributed by atoms with Crippen molar-refractivity contribution in [2.24, 2.45) is 5.92 Å². The number of carbonyl (C=O) groups excluding carboxylic acids is 1. The third-order valence-electron chi connectivity index (χ3n) is 5.43. The summed E-state index contributed by atoms with van der Waals surface area (Å²) in [7, 11) is 1.62. The van der Waals surface area contributed by atoms with E-state index < -0.39 is 0 Å². The fourth-order valence-corrected chi connectivity index (χ4v) is 3.94. The summed E-state index contributed by atoms with van der Waals surface area (Å²) in [6, 6.07) is 7.28. The van der Waals surface area contributed by atoms with Gasteiger partial charge in [0, 0.05) is 31.9 Å². The van der Waals surface area contributed by atoms with E-state index in [9.17, 15) is 9.90 Å². The van der Waals surface area contributed by atoms with Crippen molar-refractivity contribution in [3.63, 3.8) is 0 Å². The second-order valence-electron chi connectivity index (χ2n) is 6.92. The molecule has 3 rings (SSSR count). The van der Waals surface area contributed by atoms with Gasteiger partial charge in [-0.15, -0.1) is 0 Å². The van der Waals surface area contributed by atoms with E-state index in [1.165, 1.54) is 0 Å². The number of carbonyl (C=O) groups is 1. The average Bonchev–Trinajstić information content (AvgIpc) is 2.62. The number of aliphatic hydroxyl groups excluding tert-OH is 1. The molecule has 0 bridgehead atoms. The Kier molecular flexibility index (Phi) is 5.41. The van der Waals surface area contributed by atoms with E-state index in [2.05, 4.69) is 0 Å². The first-order valence-corrected chi connectivity index (χ1v) is 8.84. The van der Waals surface area contributed by atoms with Crippen molar-refractivity contribution in [1.82, 2.24) is 4.90 Å². The van der Waals surface area contributed by atoms with Crippen LogP contribution in [0.2, 0.25) is 0 Å². The second kappa shape index (κ2) is 7.53. The molecular formula is C19H27NO4. The standard InChI is InChI=1S/C19H27NO4/c1-23-17-4-2-16(3-5-17)18(22)20-10-8-19(9-11-20)14-15(6-12-21)7-13-24-19/h2-5,15,21H,6-14H2,1H3. The molecule has 1 spiro atoms. The summed E-state index contributed by atoms with van der Waals surface area (Å²) >= 11 is 0. The molecule has 1 atom stereocenters. The molecule has 1 N–H and O–H groups in total. The van der Waals surface area contributed by atoms with Gasteiger partial charge in [-0.3, -0.25) is 4.79 Å². The number of ether oxygens (including phenoxy) is 2. The zero-order valence-electron chi connectivity index (χ0n) is 14.4. The van der Waals surface area contributed by atoms with Crippen molar-refractivity contribution in [2.45, 2.75) is 37.7 Å². The van der Waals surface area contributed by atoms with Gasteiger partial charge in [-0.2, -0.15) is 0 Å². The molecule has 2 heterocycles. The van der Waals surface area contributed by atoms with Crippen LogP contribution in [0, 0.1) is 5.92 Å². The van der Waals surface area contributed by atoms with Crippen LogP contribution in [-0.2, 0) is 4.74 Å². The predicted molar refractivity (Wildman–Crippen MR) is 91.2 cm³/mol. The zero-order chi connectivity index (χ0) is 17.0. The van der Waals surface area contributed by atoms with Crippen LogP contribution in [0.1, 0.15) is 42.5 Å². The second-order valence-corrected chi connectivity index (χ2v) is 6.92. The van der Waals surface area contributed by atoms with E-state index in [-0.39, 0.29) is 18.1 Å². The smallest absolute Gasteiger partial charge is 0.253 e. The van der Waals surface area contributed by atoms with E-state index in [0.29, 0.717) is 11.5 Å². The van der Waals surface area contributed by atoms with Crippen molar-refractivity contribution < 1.29 is 19.4 Å². The van der Waals surface area contributed by atoms with E-state index in [0.717, 1.165) is 57.6 Å². The number of nitrogens with zero attached hydrogens (tertiary/aromatic N) is 1. The number of methoxy groups -OCH3 is 1. The van der Waals surface area contributed by atoms with E-state index in [1.54, 1.807) is 7.11 Å². The molecule has 2 aliphatic heterocycles. The molecule has 2 fully saturated rings. The highest BCUT2D eigenvalue weighted by Gasteiger charge is 2.40. The minimum atomic E-state index is -0.0885. The zero-order valence-corrected chi connectivity index (χ0v) is 14.4. The van der Waals surface area contributed by atoms with Crippen LogP contribution in [0.5, 0.6) is 5.75 Å². The Morgan fingerprint density at radius 3 is 2.67 bits per heavy atom. The van der Waals surface area contributed by atoms with Crippen molar-refractivity contribution in [2.75, 3.05) is 33.4 Å². The van der Waals surface area contributed by atoms with Crippen LogP contribution in [0.4, 0.5) is 0 Å². The minimum absolute atomic E-state index is 0.0789. The summed E-state index contributed by atoms with van der Waals surface area (Å²) in [4.78, 5) is 14.6. The van der Waals surface area contributed by atoms with Crippen LogP contribution in [-0.4, -0.2) is 54.9 Å². The van der Waals surface area contributed by atoms with Crippen LogP contribution >= 0.6 is 0 Å². The lowest BCUT2D eigenvalue weighted by molar-refractivity contribution is -0.125. The molecule has 1 unspecified atom stereocenters. The summed E-state index contributed by atoms with van der Waals surface area (Å²) < 4.78 is 11.3. The Morgan fingerprint density at radius 2 is 2.04 bits per heavy atom. The lowest BCUT2D eigenvalue weighted by Crippen LogP contribution is -2.50. The molecule has 1 aromatic rings. The lowest BCUT2D eigenvalue weighted by Gasteiger charge is -2.46. The van der Waals surface area contributed by atoms with Gasteiger partial charge in [-0.1, -0.05) is 0 Å². The summed E-state index contributed by atoms with van der Waals surface area (Å²) in [5.74, 6) is 1.39. The number of aliphatic hydroxyl groups is 1. The number of piperidine rings is 1. The Balaban J connectivity index is 1.58. The van der Waals surface area contributed by atoms with Crippen LogP contribution in [0.15, 0.2) is 24.3 Å². The van der Waals surface area contributed by atoms with Gasteiger partial charge in [0.25, 0.3) is 5.91 Å². The largest absolute Gasteiger partial charge is 0.497 e. The first-order valence-electron chi connectivity index (χ1n) is 8.84. The molecule has 2 saturated heterocycles. The normalized spacial score (nSPS) is 23.2.